The van der Waals surface area contributed by atoms with Gasteiger partial charge in [-0.1, -0.05) is 30.3 Å². The fourth-order valence-electron chi connectivity index (χ4n) is 3.81. The van der Waals surface area contributed by atoms with Crippen LogP contribution in [-0.4, -0.2) is 34.3 Å². The number of fused-ring (bicyclic) bond motifs is 1. The first kappa shape index (κ1) is 26.1. The molecular formula is C24H17F7N4O2. The Balaban J connectivity index is 1.79. The molecule has 6 nitrogen and oxygen atoms in total. The number of nitrogens with zero attached hydrogens (tertiary/aromatic N) is 3. The largest absolute Gasteiger partial charge is 0.435 e. The normalized spacial score (nSPS) is 14.5. The molecule has 2 aromatic carbocycles. The number of rotatable bonds is 5. The van der Waals surface area contributed by atoms with Crippen molar-refractivity contribution in [2.24, 2.45) is 0 Å². The van der Waals surface area contributed by atoms with Crippen LogP contribution in [0.15, 0.2) is 73.1 Å². The van der Waals surface area contributed by atoms with Gasteiger partial charge in [0.15, 0.2) is 0 Å². The van der Waals surface area contributed by atoms with Gasteiger partial charge in [0.2, 0.25) is 0 Å². The number of carbonyl (C=O) groups is 2. The zero-order valence-electron chi connectivity index (χ0n) is 18.6. The summed E-state index contributed by atoms with van der Waals surface area (Å²) in [7, 11) is 0. The van der Waals surface area contributed by atoms with Gasteiger partial charge in [0.1, 0.15) is 0 Å². The Morgan fingerprint density at radius 2 is 1.59 bits per heavy atom. The number of pyridine rings is 1. The molecule has 0 saturated heterocycles. The molecule has 0 atom stereocenters. The number of hydrogen-bond donors (Lipinski definition) is 1. The summed E-state index contributed by atoms with van der Waals surface area (Å²) in [4.78, 5) is 31.0. The quantitative estimate of drug-likeness (QED) is 0.436. The van der Waals surface area contributed by atoms with Gasteiger partial charge in [0.25, 0.3) is 5.91 Å². The van der Waals surface area contributed by atoms with Crippen molar-refractivity contribution in [2.75, 3.05) is 4.90 Å². The molecule has 0 fully saturated rings. The summed E-state index contributed by atoms with van der Waals surface area (Å²) < 4.78 is 94.8. The van der Waals surface area contributed by atoms with Crippen molar-refractivity contribution in [2.45, 2.75) is 31.1 Å². The zero-order chi connectivity index (χ0) is 27.0. The van der Waals surface area contributed by atoms with Gasteiger partial charge in [-0.25, -0.2) is 19.5 Å². The fraction of sp³-hybridized carbons (Fsp3) is 0.208. The Bertz CT molecular complexity index is 1280. The van der Waals surface area contributed by atoms with Gasteiger partial charge in [-0.2, -0.15) is 26.3 Å². The first-order valence-corrected chi connectivity index (χ1v) is 10.6. The van der Waals surface area contributed by atoms with Gasteiger partial charge in [0.05, 0.1) is 12.2 Å². The minimum atomic E-state index is -6.32. The third kappa shape index (κ3) is 4.73. The molecule has 0 radical (unpaired) electrons. The molecule has 37 heavy (non-hydrogen) atoms. The minimum Gasteiger partial charge on any atom is -0.268 e. The SMILES string of the molecule is O=C(c1ccccc1)N1C(=O)N(NCc2cccnc2)Cc2cc(C(F)(C(F)(F)F)C(F)(F)F)ccc21. The first-order chi connectivity index (χ1) is 17.3. The van der Waals surface area contributed by atoms with Gasteiger partial charge in [-0.15, -0.1) is 0 Å². The van der Waals surface area contributed by atoms with E-state index in [-0.39, 0.29) is 29.4 Å². The van der Waals surface area contributed by atoms with E-state index in [1.165, 1.54) is 36.7 Å². The van der Waals surface area contributed by atoms with Crippen LogP contribution < -0.4 is 10.3 Å². The monoisotopic (exact) mass is 526 g/mol. The van der Waals surface area contributed by atoms with E-state index in [9.17, 15) is 40.3 Å². The first-order valence-electron chi connectivity index (χ1n) is 10.6. The molecule has 194 valence electrons. The number of aromatic nitrogens is 1. The standard InChI is InChI=1S/C24H17F7N4O2/c25-22(23(26,27)28,24(29,30)31)18-8-9-19-17(11-18)14-34(33-13-15-5-4-10-32-12-15)21(37)35(19)20(36)16-6-2-1-3-7-16/h1-12,33H,13-14H2. The fourth-order valence-corrected chi connectivity index (χ4v) is 3.81. The third-order valence-corrected chi connectivity index (χ3v) is 5.67. The van der Waals surface area contributed by atoms with Crippen LogP contribution in [0.3, 0.4) is 0 Å². The molecule has 13 heteroatoms. The van der Waals surface area contributed by atoms with Crippen molar-refractivity contribution in [3.05, 3.63) is 95.3 Å². The lowest BCUT2D eigenvalue weighted by molar-refractivity contribution is -0.348. The average Bonchev–Trinajstić information content (AvgIpc) is 2.86. The van der Waals surface area contributed by atoms with E-state index in [0.717, 1.165) is 5.01 Å². The van der Waals surface area contributed by atoms with Crippen molar-refractivity contribution >= 4 is 17.6 Å². The van der Waals surface area contributed by atoms with Crippen molar-refractivity contribution in [1.82, 2.24) is 15.4 Å². The molecule has 0 spiro atoms. The Kier molecular flexibility index (Phi) is 6.67. The van der Waals surface area contributed by atoms with Crippen LogP contribution in [0.4, 0.5) is 41.2 Å². The predicted molar refractivity (Wildman–Crippen MR) is 117 cm³/mol. The summed E-state index contributed by atoms with van der Waals surface area (Å²) in [5.74, 6) is -0.884. The number of hydrogen-bond acceptors (Lipinski definition) is 4. The van der Waals surface area contributed by atoms with Crippen LogP contribution in [-0.2, 0) is 18.8 Å². The van der Waals surface area contributed by atoms with E-state index in [1.807, 2.05) is 0 Å². The number of anilines is 1. The summed E-state index contributed by atoms with van der Waals surface area (Å²) in [5.41, 5.74) is -4.65. The van der Waals surface area contributed by atoms with Crippen LogP contribution in [0, 0.1) is 0 Å². The van der Waals surface area contributed by atoms with Gasteiger partial charge in [-0.3, -0.25) is 14.8 Å². The van der Waals surface area contributed by atoms with Gasteiger partial charge in [0, 0.05) is 30.1 Å². The van der Waals surface area contributed by atoms with E-state index >= 15 is 0 Å². The molecule has 4 rings (SSSR count). The lowest BCUT2D eigenvalue weighted by Gasteiger charge is -2.37. The Labute approximate surface area is 205 Å². The molecule has 0 aliphatic carbocycles. The van der Waals surface area contributed by atoms with E-state index in [2.05, 4.69) is 10.4 Å². The highest BCUT2D eigenvalue weighted by molar-refractivity contribution is 6.21. The Morgan fingerprint density at radius 3 is 2.19 bits per heavy atom. The predicted octanol–water partition coefficient (Wildman–Crippen LogP) is 5.66. The number of imide groups is 1. The lowest BCUT2D eigenvalue weighted by atomic mass is 9.91. The summed E-state index contributed by atoms with van der Waals surface area (Å²) in [6.07, 6.45) is -9.67. The molecule has 3 aromatic rings. The minimum absolute atomic E-state index is 0.0138. The summed E-state index contributed by atoms with van der Waals surface area (Å²) in [6.45, 7) is -0.563. The summed E-state index contributed by atoms with van der Waals surface area (Å²) in [5, 5.41) is 0.848. The third-order valence-electron chi connectivity index (χ3n) is 5.67. The number of amides is 3. The maximum absolute atomic E-state index is 14.7. The van der Waals surface area contributed by atoms with Crippen LogP contribution in [0.1, 0.15) is 27.0 Å². The van der Waals surface area contributed by atoms with E-state index in [0.29, 0.717) is 22.6 Å². The molecule has 1 N–H and O–H groups in total. The highest BCUT2D eigenvalue weighted by atomic mass is 19.4. The van der Waals surface area contributed by atoms with Crippen LogP contribution >= 0.6 is 0 Å². The number of urea groups is 1. The number of hydrazine groups is 1. The Morgan fingerprint density at radius 1 is 0.919 bits per heavy atom. The van der Waals surface area contributed by atoms with E-state index in [1.54, 1.807) is 18.2 Å². The number of benzene rings is 2. The molecule has 2 heterocycles. The molecule has 0 unspecified atom stereocenters. The smallest absolute Gasteiger partial charge is 0.268 e. The zero-order valence-corrected chi connectivity index (χ0v) is 18.6. The van der Waals surface area contributed by atoms with Gasteiger partial charge >= 0.3 is 24.1 Å². The second-order valence-corrected chi connectivity index (χ2v) is 8.07. The maximum atomic E-state index is 14.7. The highest BCUT2D eigenvalue weighted by Gasteiger charge is 2.73. The van der Waals surface area contributed by atoms with Crippen molar-refractivity contribution in [3.8, 4) is 0 Å². The van der Waals surface area contributed by atoms with Crippen LogP contribution in [0.25, 0.3) is 0 Å². The number of alkyl halides is 7. The van der Waals surface area contributed by atoms with E-state index < -0.39 is 42.1 Å². The van der Waals surface area contributed by atoms with Gasteiger partial charge < -0.3 is 0 Å². The van der Waals surface area contributed by atoms with Crippen LogP contribution in [0.2, 0.25) is 0 Å². The topological polar surface area (TPSA) is 65.5 Å². The van der Waals surface area contributed by atoms with Crippen LogP contribution in [0.5, 0.6) is 0 Å². The summed E-state index contributed by atoms with van der Waals surface area (Å²) in [6, 6.07) is 11.0. The average molecular weight is 526 g/mol. The molecule has 0 saturated carbocycles. The molecule has 1 aliphatic heterocycles. The number of nitrogens with one attached hydrogen (secondary N) is 1. The summed E-state index contributed by atoms with van der Waals surface area (Å²) >= 11 is 0. The van der Waals surface area contributed by atoms with Gasteiger partial charge in [-0.05, 0) is 41.5 Å². The maximum Gasteiger partial charge on any atom is 0.435 e. The van der Waals surface area contributed by atoms with E-state index in [4.69, 9.17) is 0 Å². The molecular weight excluding hydrogens is 509 g/mol. The number of halogens is 7. The van der Waals surface area contributed by atoms with Crippen molar-refractivity contribution in [3.63, 3.8) is 0 Å². The second kappa shape index (κ2) is 9.47. The molecule has 0 bridgehead atoms. The molecule has 1 aliphatic rings. The van der Waals surface area contributed by atoms with Crippen molar-refractivity contribution < 1.29 is 40.3 Å². The Hall–Kier alpha value is -4.00. The number of carbonyl (C=O) groups excluding carboxylic acids is 2. The molecule has 3 amide bonds. The van der Waals surface area contributed by atoms with Crippen molar-refractivity contribution in [1.29, 1.82) is 0 Å². The lowest BCUT2D eigenvalue weighted by Crippen LogP contribution is -2.55. The second-order valence-electron chi connectivity index (χ2n) is 8.07. The molecule has 1 aromatic heterocycles. The highest BCUT2D eigenvalue weighted by Crippen LogP contribution is 2.53.